The van der Waals surface area contributed by atoms with E-state index in [4.69, 9.17) is 0 Å². The zero-order valence-corrected chi connectivity index (χ0v) is 7.79. The maximum Gasteiger partial charge on any atom is 0.0267 e. The molecule has 0 aliphatic rings. The van der Waals surface area contributed by atoms with E-state index in [1.165, 1.54) is 29.0 Å². The molecule has 1 aromatic rings. The van der Waals surface area contributed by atoms with E-state index in [1.807, 2.05) is 17.4 Å². The average molecular weight is 166 g/mol. The fraction of sp³-hybridized carbons (Fsp3) is 0.400. The molecule has 0 spiro atoms. The minimum absolute atomic E-state index is 1.23. The van der Waals surface area contributed by atoms with Crippen LogP contribution in [0.5, 0.6) is 0 Å². The number of hydrogen-bond donors (Lipinski definition) is 0. The predicted molar refractivity (Wildman–Crippen MR) is 53.0 cm³/mol. The largest absolute Gasteiger partial charge is 0.141 e. The van der Waals surface area contributed by atoms with E-state index in [-0.39, 0.29) is 0 Å². The fourth-order valence-corrected chi connectivity index (χ4v) is 1.89. The topological polar surface area (TPSA) is 0 Å². The molecule has 1 rings (SSSR count). The van der Waals surface area contributed by atoms with E-state index >= 15 is 0 Å². The Kier molecular flexibility index (Phi) is 3.37. The molecular weight excluding hydrogens is 152 g/mol. The normalized spacial score (nSPS) is 9.91. The molecule has 0 N–H and O–H groups in total. The van der Waals surface area contributed by atoms with Crippen molar-refractivity contribution in [2.24, 2.45) is 0 Å². The first kappa shape index (κ1) is 8.54. The number of unbranched alkanes of at least 4 members (excludes halogenated alkanes) is 1. The van der Waals surface area contributed by atoms with Crippen LogP contribution in [0.3, 0.4) is 0 Å². The van der Waals surface area contributed by atoms with E-state index in [0.717, 1.165) is 0 Å². The van der Waals surface area contributed by atoms with Gasteiger partial charge in [0.1, 0.15) is 0 Å². The number of thiophene rings is 1. The van der Waals surface area contributed by atoms with Crippen LogP contribution in [0.2, 0.25) is 0 Å². The highest BCUT2D eigenvalue weighted by atomic mass is 32.1. The molecule has 60 valence electrons. The Bertz CT molecular complexity index is 223. The molecule has 0 aromatic carbocycles. The van der Waals surface area contributed by atoms with Crippen molar-refractivity contribution in [3.8, 4) is 0 Å². The maximum atomic E-state index is 3.73. The summed E-state index contributed by atoms with van der Waals surface area (Å²) in [6.07, 6.45) is 5.73. The van der Waals surface area contributed by atoms with E-state index in [1.54, 1.807) is 0 Å². The second kappa shape index (κ2) is 4.35. The van der Waals surface area contributed by atoms with Gasteiger partial charge in [0, 0.05) is 9.75 Å². The van der Waals surface area contributed by atoms with Crippen LogP contribution in [-0.2, 0) is 6.42 Å². The van der Waals surface area contributed by atoms with Gasteiger partial charge in [0.2, 0.25) is 0 Å². The summed E-state index contributed by atoms with van der Waals surface area (Å²) in [6.45, 7) is 5.96. The third-order valence-corrected chi connectivity index (χ3v) is 2.80. The van der Waals surface area contributed by atoms with Crippen LogP contribution in [-0.4, -0.2) is 0 Å². The number of aryl methyl sites for hydroxylation is 1. The van der Waals surface area contributed by atoms with Crippen LogP contribution in [0.4, 0.5) is 0 Å². The Hall–Kier alpha value is -0.560. The molecule has 0 saturated carbocycles. The summed E-state index contributed by atoms with van der Waals surface area (Å²) in [5.41, 5.74) is 0. The molecule has 0 aliphatic heterocycles. The van der Waals surface area contributed by atoms with Crippen molar-refractivity contribution in [1.29, 1.82) is 0 Å². The summed E-state index contributed by atoms with van der Waals surface area (Å²) in [5.74, 6) is 0. The van der Waals surface area contributed by atoms with Crippen molar-refractivity contribution >= 4 is 17.4 Å². The molecule has 0 fully saturated rings. The molecular formula is C10H14S. The molecule has 1 heterocycles. The lowest BCUT2D eigenvalue weighted by Crippen LogP contribution is -1.76. The standard InChI is InChI=1S/C10H14S/c1-3-5-6-10-8-7-9(4-2)11-10/h4,7-8H,2-3,5-6H2,1H3. The summed E-state index contributed by atoms with van der Waals surface area (Å²) in [5, 5.41) is 0. The molecule has 11 heavy (non-hydrogen) atoms. The Morgan fingerprint density at radius 2 is 2.36 bits per heavy atom. The minimum atomic E-state index is 1.23. The van der Waals surface area contributed by atoms with Gasteiger partial charge >= 0.3 is 0 Å². The lowest BCUT2D eigenvalue weighted by molar-refractivity contribution is 0.804. The van der Waals surface area contributed by atoms with Crippen LogP contribution < -0.4 is 0 Å². The van der Waals surface area contributed by atoms with E-state index < -0.39 is 0 Å². The van der Waals surface area contributed by atoms with Crippen molar-refractivity contribution < 1.29 is 0 Å². The Morgan fingerprint density at radius 3 is 2.91 bits per heavy atom. The highest BCUT2D eigenvalue weighted by molar-refractivity contribution is 7.12. The van der Waals surface area contributed by atoms with Crippen molar-refractivity contribution in [3.63, 3.8) is 0 Å². The van der Waals surface area contributed by atoms with Gasteiger partial charge in [-0.25, -0.2) is 0 Å². The highest BCUT2D eigenvalue weighted by Crippen LogP contribution is 2.18. The molecule has 0 unspecified atom stereocenters. The van der Waals surface area contributed by atoms with Crippen molar-refractivity contribution in [1.82, 2.24) is 0 Å². The van der Waals surface area contributed by atoms with Gasteiger partial charge in [0.05, 0.1) is 0 Å². The van der Waals surface area contributed by atoms with Crippen LogP contribution >= 0.6 is 11.3 Å². The lowest BCUT2D eigenvalue weighted by Gasteiger charge is -1.91. The summed E-state index contributed by atoms with van der Waals surface area (Å²) >= 11 is 1.85. The van der Waals surface area contributed by atoms with E-state index in [0.29, 0.717) is 0 Å². The summed E-state index contributed by atoms with van der Waals surface area (Å²) in [4.78, 5) is 2.78. The van der Waals surface area contributed by atoms with Gasteiger partial charge in [-0.2, -0.15) is 0 Å². The Morgan fingerprint density at radius 1 is 1.55 bits per heavy atom. The highest BCUT2D eigenvalue weighted by Gasteiger charge is 1.95. The van der Waals surface area contributed by atoms with Crippen LogP contribution in [0, 0.1) is 0 Å². The molecule has 0 nitrogen and oxygen atoms in total. The third kappa shape index (κ3) is 2.51. The molecule has 0 atom stereocenters. The van der Waals surface area contributed by atoms with Crippen LogP contribution in [0.25, 0.3) is 6.08 Å². The molecule has 1 aromatic heterocycles. The van der Waals surface area contributed by atoms with Gasteiger partial charge in [0.25, 0.3) is 0 Å². The first-order valence-corrected chi connectivity index (χ1v) is 4.89. The van der Waals surface area contributed by atoms with Gasteiger partial charge in [-0.05, 0) is 25.0 Å². The quantitative estimate of drug-likeness (QED) is 0.639. The Balaban J connectivity index is 2.51. The molecule has 0 amide bonds. The van der Waals surface area contributed by atoms with Crippen molar-refractivity contribution in [2.75, 3.05) is 0 Å². The first-order valence-electron chi connectivity index (χ1n) is 4.08. The zero-order valence-electron chi connectivity index (χ0n) is 6.97. The third-order valence-electron chi connectivity index (χ3n) is 1.66. The smallest absolute Gasteiger partial charge is 0.0267 e. The van der Waals surface area contributed by atoms with Gasteiger partial charge in [-0.15, -0.1) is 11.3 Å². The average Bonchev–Trinajstić information content (AvgIpc) is 2.48. The second-order valence-electron chi connectivity index (χ2n) is 2.61. The minimum Gasteiger partial charge on any atom is -0.141 e. The summed E-state index contributed by atoms with van der Waals surface area (Å²) in [7, 11) is 0. The fourth-order valence-electron chi connectivity index (χ4n) is 0.990. The molecule has 0 radical (unpaired) electrons. The van der Waals surface area contributed by atoms with Gasteiger partial charge < -0.3 is 0 Å². The van der Waals surface area contributed by atoms with Crippen molar-refractivity contribution in [3.05, 3.63) is 28.5 Å². The molecule has 0 bridgehead atoms. The number of hydrogen-bond acceptors (Lipinski definition) is 1. The van der Waals surface area contributed by atoms with Gasteiger partial charge in [-0.3, -0.25) is 0 Å². The zero-order chi connectivity index (χ0) is 8.10. The van der Waals surface area contributed by atoms with Crippen LogP contribution in [0.15, 0.2) is 18.7 Å². The van der Waals surface area contributed by atoms with E-state index in [9.17, 15) is 0 Å². The maximum absolute atomic E-state index is 3.73. The molecule has 1 heteroatoms. The SMILES string of the molecule is C=Cc1ccc(CCCC)s1. The molecule has 0 saturated heterocycles. The molecule has 0 aliphatic carbocycles. The van der Waals surface area contributed by atoms with Crippen LogP contribution in [0.1, 0.15) is 29.5 Å². The predicted octanol–water partition coefficient (Wildman–Crippen LogP) is 3.73. The Labute approximate surface area is 72.6 Å². The first-order chi connectivity index (χ1) is 5.36. The van der Waals surface area contributed by atoms with E-state index in [2.05, 4.69) is 25.6 Å². The van der Waals surface area contributed by atoms with Gasteiger partial charge in [0.15, 0.2) is 0 Å². The van der Waals surface area contributed by atoms with Crippen molar-refractivity contribution in [2.45, 2.75) is 26.2 Å². The number of rotatable bonds is 4. The second-order valence-corrected chi connectivity index (χ2v) is 3.81. The monoisotopic (exact) mass is 166 g/mol. The van der Waals surface area contributed by atoms with Gasteiger partial charge in [-0.1, -0.05) is 26.0 Å². The lowest BCUT2D eigenvalue weighted by atomic mass is 10.2. The summed E-state index contributed by atoms with van der Waals surface area (Å²) in [6, 6.07) is 4.35. The summed E-state index contributed by atoms with van der Waals surface area (Å²) < 4.78 is 0.